The summed E-state index contributed by atoms with van der Waals surface area (Å²) < 4.78 is 5.72. The molecule has 1 heterocycles. The largest absolute Gasteiger partial charge is 0.494 e. The maximum atomic E-state index is 5.72. The minimum absolute atomic E-state index is 0.245. The molecule has 0 aliphatic carbocycles. The van der Waals surface area contributed by atoms with Crippen molar-refractivity contribution in [3.63, 3.8) is 0 Å². The van der Waals surface area contributed by atoms with Crippen LogP contribution in [-0.2, 0) is 0 Å². The van der Waals surface area contributed by atoms with E-state index >= 15 is 0 Å². The van der Waals surface area contributed by atoms with Crippen LogP contribution >= 0.6 is 11.6 Å². The van der Waals surface area contributed by atoms with Crippen LogP contribution < -0.4 is 10.5 Å². The average Bonchev–Trinajstić information content (AvgIpc) is 2.98. The smallest absolute Gasteiger partial charge is 0.119 e. The molecular weight excluding hydrogens is 274 g/mol. The Bertz CT molecular complexity index is 427. The predicted octanol–water partition coefficient (Wildman–Crippen LogP) is 2.78. The average molecular weight is 296 g/mol. The number of hydrogen-bond donors (Lipinski definition) is 1. The van der Waals surface area contributed by atoms with Gasteiger partial charge in [-0.15, -0.1) is 11.6 Å². The van der Waals surface area contributed by atoms with E-state index in [0.29, 0.717) is 5.84 Å². The lowest BCUT2D eigenvalue weighted by atomic mass is 10.3. The fourth-order valence-corrected chi connectivity index (χ4v) is 2.36. The second-order valence-corrected chi connectivity index (χ2v) is 5.25. The van der Waals surface area contributed by atoms with Crippen LogP contribution in [0.1, 0.15) is 19.3 Å². The van der Waals surface area contributed by atoms with Gasteiger partial charge in [-0.3, -0.25) is 0 Å². The first-order valence-corrected chi connectivity index (χ1v) is 7.65. The molecule has 1 saturated heterocycles. The molecule has 110 valence electrons. The molecule has 1 fully saturated rings. The second-order valence-electron chi connectivity index (χ2n) is 4.98. The Balaban J connectivity index is 1.70. The van der Waals surface area contributed by atoms with Gasteiger partial charge in [-0.1, -0.05) is 0 Å². The van der Waals surface area contributed by atoms with E-state index in [2.05, 4.69) is 9.89 Å². The quantitative estimate of drug-likeness (QED) is 0.364. The number of halogens is 1. The SMILES string of the molecule is NC(CCl)=Nc1ccc(OCCCN2CCCC2)cc1. The third kappa shape index (κ3) is 5.02. The number of amidine groups is 1. The lowest BCUT2D eigenvalue weighted by Gasteiger charge is -2.14. The number of benzene rings is 1. The molecule has 1 aromatic rings. The van der Waals surface area contributed by atoms with Crippen LogP contribution in [0.25, 0.3) is 0 Å². The number of likely N-dealkylation sites (tertiary alicyclic amines) is 1. The standard InChI is InChI=1S/C15H22ClN3O/c16-12-15(17)18-13-4-6-14(7-5-13)20-11-3-10-19-8-1-2-9-19/h4-7H,1-3,8-12H2,(H2,17,18). The zero-order chi connectivity index (χ0) is 14.2. The fourth-order valence-electron chi connectivity index (χ4n) is 2.30. The van der Waals surface area contributed by atoms with Crippen molar-refractivity contribution in [2.75, 3.05) is 32.1 Å². The summed E-state index contributed by atoms with van der Waals surface area (Å²) in [5.41, 5.74) is 6.38. The van der Waals surface area contributed by atoms with Crippen molar-refractivity contribution in [3.8, 4) is 5.75 Å². The maximum Gasteiger partial charge on any atom is 0.119 e. The first kappa shape index (κ1) is 15.1. The number of hydrogen-bond acceptors (Lipinski definition) is 3. The highest BCUT2D eigenvalue weighted by Crippen LogP contribution is 2.18. The summed E-state index contributed by atoms with van der Waals surface area (Å²) >= 11 is 5.59. The van der Waals surface area contributed by atoms with Crippen molar-refractivity contribution in [1.82, 2.24) is 4.90 Å². The van der Waals surface area contributed by atoms with Crippen molar-refractivity contribution in [1.29, 1.82) is 0 Å². The predicted molar refractivity (Wildman–Crippen MR) is 84.2 cm³/mol. The highest BCUT2D eigenvalue weighted by molar-refractivity contribution is 6.28. The molecule has 1 aromatic carbocycles. The van der Waals surface area contributed by atoms with Crippen LogP contribution in [-0.4, -0.2) is 42.9 Å². The van der Waals surface area contributed by atoms with Gasteiger partial charge in [0.05, 0.1) is 18.2 Å². The molecule has 4 nitrogen and oxygen atoms in total. The highest BCUT2D eigenvalue weighted by atomic mass is 35.5. The van der Waals surface area contributed by atoms with E-state index in [1.54, 1.807) is 0 Å². The molecule has 20 heavy (non-hydrogen) atoms. The van der Waals surface area contributed by atoms with Crippen LogP contribution in [0.2, 0.25) is 0 Å². The summed E-state index contributed by atoms with van der Waals surface area (Å²) in [5, 5.41) is 0. The van der Waals surface area contributed by atoms with Crippen molar-refractivity contribution < 1.29 is 4.74 Å². The Hall–Kier alpha value is -1.26. The van der Waals surface area contributed by atoms with E-state index in [4.69, 9.17) is 22.1 Å². The van der Waals surface area contributed by atoms with Crippen molar-refractivity contribution in [2.45, 2.75) is 19.3 Å². The van der Waals surface area contributed by atoms with E-state index in [1.807, 2.05) is 24.3 Å². The van der Waals surface area contributed by atoms with Gasteiger partial charge in [0.25, 0.3) is 0 Å². The summed E-state index contributed by atoms with van der Waals surface area (Å²) in [6, 6.07) is 7.59. The molecule has 0 unspecified atom stereocenters. The normalized spacial score (nSPS) is 16.6. The molecule has 0 spiro atoms. The molecule has 0 aromatic heterocycles. The molecule has 0 bridgehead atoms. The van der Waals surface area contributed by atoms with Gasteiger partial charge in [0, 0.05) is 6.54 Å². The highest BCUT2D eigenvalue weighted by Gasteiger charge is 2.10. The molecule has 0 radical (unpaired) electrons. The van der Waals surface area contributed by atoms with Crippen LogP contribution in [0.5, 0.6) is 5.75 Å². The van der Waals surface area contributed by atoms with Crippen molar-refractivity contribution >= 4 is 23.1 Å². The van der Waals surface area contributed by atoms with Gasteiger partial charge in [0.1, 0.15) is 11.6 Å². The summed E-state index contributed by atoms with van der Waals surface area (Å²) in [4.78, 5) is 6.66. The molecule has 2 N–H and O–H groups in total. The minimum Gasteiger partial charge on any atom is -0.494 e. The molecular formula is C15H22ClN3O. The van der Waals surface area contributed by atoms with Crippen LogP contribution in [0.15, 0.2) is 29.3 Å². The second kappa shape index (κ2) is 8.12. The molecule has 5 heteroatoms. The number of nitrogens with zero attached hydrogens (tertiary/aromatic N) is 2. The number of alkyl halides is 1. The zero-order valence-corrected chi connectivity index (χ0v) is 12.5. The lowest BCUT2D eigenvalue weighted by Crippen LogP contribution is -2.21. The molecule has 0 saturated carbocycles. The summed E-state index contributed by atoms with van der Waals surface area (Å²) in [6.07, 6.45) is 3.75. The van der Waals surface area contributed by atoms with Crippen LogP contribution in [0.3, 0.4) is 0 Å². The number of ether oxygens (including phenoxy) is 1. The summed E-state index contributed by atoms with van der Waals surface area (Å²) in [7, 11) is 0. The Morgan fingerprint density at radius 3 is 2.60 bits per heavy atom. The number of rotatable bonds is 7. The van der Waals surface area contributed by atoms with Gasteiger partial charge >= 0.3 is 0 Å². The van der Waals surface area contributed by atoms with Gasteiger partial charge in [-0.25, -0.2) is 4.99 Å². The molecule has 2 rings (SSSR count). The molecule has 0 amide bonds. The van der Waals surface area contributed by atoms with E-state index in [1.165, 1.54) is 25.9 Å². The Morgan fingerprint density at radius 1 is 1.25 bits per heavy atom. The van der Waals surface area contributed by atoms with Gasteiger partial charge in [0.15, 0.2) is 0 Å². The maximum absolute atomic E-state index is 5.72. The fraction of sp³-hybridized carbons (Fsp3) is 0.533. The van der Waals surface area contributed by atoms with Crippen molar-refractivity contribution in [3.05, 3.63) is 24.3 Å². The molecule has 1 aliphatic rings. The van der Waals surface area contributed by atoms with E-state index in [9.17, 15) is 0 Å². The molecule has 1 aliphatic heterocycles. The summed E-state index contributed by atoms with van der Waals surface area (Å²) in [5.74, 6) is 1.54. The molecule has 0 atom stereocenters. The van der Waals surface area contributed by atoms with E-state index in [0.717, 1.165) is 31.0 Å². The number of nitrogens with two attached hydrogens (primary N) is 1. The number of aliphatic imine (C=N–C) groups is 1. The Labute approximate surface area is 125 Å². The zero-order valence-electron chi connectivity index (χ0n) is 11.7. The van der Waals surface area contributed by atoms with E-state index < -0.39 is 0 Å². The van der Waals surface area contributed by atoms with E-state index in [-0.39, 0.29) is 5.88 Å². The minimum atomic E-state index is 0.245. The van der Waals surface area contributed by atoms with Gasteiger partial charge in [-0.2, -0.15) is 0 Å². The third-order valence-corrected chi connectivity index (χ3v) is 3.61. The topological polar surface area (TPSA) is 50.9 Å². The first-order valence-electron chi connectivity index (χ1n) is 7.12. The third-order valence-electron chi connectivity index (χ3n) is 3.33. The lowest BCUT2D eigenvalue weighted by molar-refractivity contribution is 0.263. The van der Waals surface area contributed by atoms with Gasteiger partial charge < -0.3 is 15.4 Å². The van der Waals surface area contributed by atoms with Crippen LogP contribution in [0.4, 0.5) is 5.69 Å². The summed E-state index contributed by atoms with van der Waals surface area (Å²) in [6.45, 7) is 4.38. The van der Waals surface area contributed by atoms with Gasteiger partial charge in [0.2, 0.25) is 0 Å². The van der Waals surface area contributed by atoms with Crippen molar-refractivity contribution in [2.24, 2.45) is 10.7 Å². The monoisotopic (exact) mass is 295 g/mol. The Morgan fingerprint density at radius 2 is 1.95 bits per heavy atom. The van der Waals surface area contributed by atoms with Gasteiger partial charge in [-0.05, 0) is 56.6 Å². The van der Waals surface area contributed by atoms with Crippen LogP contribution in [0, 0.1) is 0 Å². The Kier molecular flexibility index (Phi) is 6.15. The first-order chi connectivity index (χ1) is 9.78.